The monoisotopic (exact) mass is 211 g/mol. The Kier molecular flexibility index (Phi) is 4.39. The van der Waals surface area contributed by atoms with Gasteiger partial charge in [-0.2, -0.15) is 0 Å². The van der Waals surface area contributed by atoms with Gasteiger partial charge in [0.15, 0.2) is 0 Å². The number of phenols is 2. The van der Waals surface area contributed by atoms with Crippen molar-refractivity contribution in [2.75, 3.05) is 13.1 Å². The Morgan fingerprint density at radius 2 is 1.80 bits per heavy atom. The number of rotatable bonds is 5. The van der Waals surface area contributed by atoms with Crippen LogP contribution in [0, 0.1) is 0 Å². The van der Waals surface area contributed by atoms with Gasteiger partial charge in [0.2, 0.25) is 0 Å². The predicted octanol–water partition coefficient (Wildman–Crippen LogP) is 1.13. The Bertz CT molecular complexity index is 294. The summed E-state index contributed by atoms with van der Waals surface area (Å²) in [6, 6.07) is 4.12. The molecule has 0 aliphatic heterocycles. The summed E-state index contributed by atoms with van der Waals surface area (Å²) in [5.74, 6) is -0.0842. The maximum absolute atomic E-state index is 9.71. The van der Waals surface area contributed by atoms with E-state index >= 15 is 0 Å². The van der Waals surface area contributed by atoms with Crippen LogP contribution in [0.5, 0.6) is 11.5 Å². The van der Waals surface area contributed by atoms with E-state index in [0.29, 0.717) is 12.1 Å². The Morgan fingerprint density at radius 3 is 2.33 bits per heavy atom. The second-order valence-electron chi connectivity index (χ2n) is 3.50. The predicted molar refractivity (Wildman–Crippen MR) is 57.9 cm³/mol. The van der Waals surface area contributed by atoms with Crippen LogP contribution in [-0.4, -0.2) is 28.4 Å². The smallest absolute Gasteiger partial charge is 0.119 e. The largest absolute Gasteiger partial charge is 0.508 e. The molecule has 0 heterocycles. The summed E-state index contributed by atoms with van der Waals surface area (Å²) in [4.78, 5) is 0. The molecule has 15 heavy (non-hydrogen) atoms. The van der Waals surface area contributed by atoms with Gasteiger partial charge < -0.3 is 20.6 Å². The number of nitrogens with one attached hydrogen (secondary N) is 1. The Hall–Kier alpha value is -1.26. The molecule has 4 nitrogen and oxygen atoms in total. The molecule has 84 valence electrons. The molecule has 1 unspecified atom stereocenters. The molecule has 1 rings (SSSR count). The van der Waals surface area contributed by atoms with Crippen LogP contribution >= 0.6 is 0 Å². The zero-order valence-electron chi connectivity index (χ0n) is 8.77. The fraction of sp³-hybridized carbons (Fsp3) is 0.455. The molecule has 0 amide bonds. The number of hydrogen-bond acceptors (Lipinski definition) is 4. The fourth-order valence-corrected chi connectivity index (χ4v) is 1.34. The molecular weight excluding hydrogens is 194 g/mol. The SMILES string of the molecule is CCCNCC(O)c1cc(O)cc(O)c1. The second kappa shape index (κ2) is 5.58. The van der Waals surface area contributed by atoms with E-state index in [1.165, 1.54) is 18.2 Å². The first-order valence-corrected chi connectivity index (χ1v) is 5.05. The molecule has 0 radical (unpaired) electrons. The van der Waals surface area contributed by atoms with Crippen molar-refractivity contribution in [3.8, 4) is 11.5 Å². The number of aliphatic hydroxyl groups excluding tert-OH is 1. The minimum atomic E-state index is -0.713. The minimum Gasteiger partial charge on any atom is -0.508 e. The molecule has 0 fully saturated rings. The van der Waals surface area contributed by atoms with Gasteiger partial charge in [-0.15, -0.1) is 0 Å². The van der Waals surface area contributed by atoms with Crippen molar-refractivity contribution >= 4 is 0 Å². The van der Waals surface area contributed by atoms with Crippen LogP contribution in [0.15, 0.2) is 18.2 Å². The van der Waals surface area contributed by atoms with E-state index < -0.39 is 6.10 Å². The van der Waals surface area contributed by atoms with Gasteiger partial charge in [0.25, 0.3) is 0 Å². The third-order valence-electron chi connectivity index (χ3n) is 2.07. The van der Waals surface area contributed by atoms with Crippen molar-refractivity contribution in [1.82, 2.24) is 5.32 Å². The number of aliphatic hydroxyl groups is 1. The lowest BCUT2D eigenvalue weighted by Gasteiger charge is -2.12. The first kappa shape index (κ1) is 11.8. The van der Waals surface area contributed by atoms with Crippen molar-refractivity contribution in [3.63, 3.8) is 0 Å². The Labute approximate surface area is 89.2 Å². The van der Waals surface area contributed by atoms with Gasteiger partial charge >= 0.3 is 0 Å². The fourth-order valence-electron chi connectivity index (χ4n) is 1.34. The van der Waals surface area contributed by atoms with Crippen LogP contribution in [0.3, 0.4) is 0 Å². The van der Waals surface area contributed by atoms with Crippen molar-refractivity contribution in [2.24, 2.45) is 0 Å². The molecule has 0 bridgehead atoms. The zero-order valence-corrected chi connectivity index (χ0v) is 8.77. The maximum Gasteiger partial charge on any atom is 0.119 e. The summed E-state index contributed by atoms with van der Waals surface area (Å²) in [7, 11) is 0. The van der Waals surface area contributed by atoms with E-state index in [0.717, 1.165) is 13.0 Å². The first-order chi connectivity index (χ1) is 7.13. The highest BCUT2D eigenvalue weighted by Gasteiger charge is 2.09. The molecule has 1 aromatic carbocycles. The summed E-state index contributed by atoms with van der Waals surface area (Å²) in [5, 5.41) is 31.2. The van der Waals surface area contributed by atoms with Crippen molar-refractivity contribution in [3.05, 3.63) is 23.8 Å². The number of phenolic OH excluding ortho intramolecular Hbond substituents is 2. The third kappa shape index (κ3) is 3.77. The lowest BCUT2D eigenvalue weighted by atomic mass is 10.1. The van der Waals surface area contributed by atoms with E-state index in [1.807, 2.05) is 6.92 Å². The van der Waals surface area contributed by atoms with Crippen LogP contribution in [-0.2, 0) is 0 Å². The van der Waals surface area contributed by atoms with Crippen LogP contribution in [0.1, 0.15) is 25.0 Å². The summed E-state index contributed by atoms with van der Waals surface area (Å²) >= 11 is 0. The van der Waals surface area contributed by atoms with E-state index in [2.05, 4.69) is 5.32 Å². The standard InChI is InChI=1S/C11H17NO3/c1-2-3-12-7-11(15)8-4-9(13)6-10(14)5-8/h4-6,11-15H,2-3,7H2,1H3. The average Bonchev–Trinajstić information content (AvgIpc) is 2.16. The van der Waals surface area contributed by atoms with Crippen molar-refractivity contribution in [1.29, 1.82) is 0 Å². The van der Waals surface area contributed by atoms with Crippen LogP contribution in [0.25, 0.3) is 0 Å². The van der Waals surface area contributed by atoms with E-state index in [-0.39, 0.29) is 11.5 Å². The lowest BCUT2D eigenvalue weighted by Crippen LogP contribution is -2.22. The third-order valence-corrected chi connectivity index (χ3v) is 2.07. The Morgan fingerprint density at radius 1 is 1.20 bits per heavy atom. The molecule has 4 heteroatoms. The number of hydrogen-bond donors (Lipinski definition) is 4. The van der Waals surface area contributed by atoms with Crippen LogP contribution in [0.2, 0.25) is 0 Å². The molecule has 4 N–H and O–H groups in total. The second-order valence-corrected chi connectivity index (χ2v) is 3.50. The summed E-state index contributed by atoms with van der Waals surface area (Å²) in [6.07, 6.45) is 0.285. The average molecular weight is 211 g/mol. The van der Waals surface area contributed by atoms with Gasteiger partial charge in [-0.05, 0) is 30.7 Å². The molecule has 0 aliphatic carbocycles. The van der Waals surface area contributed by atoms with E-state index in [1.54, 1.807) is 0 Å². The zero-order chi connectivity index (χ0) is 11.3. The van der Waals surface area contributed by atoms with Crippen molar-refractivity contribution < 1.29 is 15.3 Å². The molecule has 1 aromatic rings. The quantitative estimate of drug-likeness (QED) is 0.551. The van der Waals surface area contributed by atoms with Crippen LogP contribution < -0.4 is 5.32 Å². The highest BCUT2D eigenvalue weighted by molar-refractivity contribution is 5.37. The highest BCUT2D eigenvalue weighted by Crippen LogP contribution is 2.24. The summed E-state index contributed by atoms with van der Waals surface area (Å²) in [6.45, 7) is 3.29. The van der Waals surface area contributed by atoms with Gasteiger partial charge in [-0.25, -0.2) is 0 Å². The summed E-state index contributed by atoms with van der Waals surface area (Å²) < 4.78 is 0. The number of aromatic hydroxyl groups is 2. The highest BCUT2D eigenvalue weighted by atomic mass is 16.3. The van der Waals surface area contributed by atoms with Gasteiger partial charge in [-0.1, -0.05) is 6.92 Å². The van der Waals surface area contributed by atoms with Gasteiger partial charge in [-0.3, -0.25) is 0 Å². The van der Waals surface area contributed by atoms with E-state index in [9.17, 15) is 15.3 Å². The topological polar surface area (TPSA) is 72.7 Å². The molecule has 0 spiro atoms. The van der Waals surface area contributed by atoms with E-state index in [4.69, 9.17) is 0 Å². The van der Waals surface area contributed by atoms with Gasteiger partial charge in [0.1, 0.15) is 11.5 Å². The molecule has 1 atom stereocenters. The van der Waals surface area contributed by atoms with Crippen molar-refractivity contribution in [2.45, 2.75) is 19.4 Å². The summed E-state index contributed by atoms with van der Waals surface area (Å²) in [5.41, 5.74) is 0.510. The van der Waals surface area contributed by atoms with Gasteiger partial charge in [0.05, 0.1) is 6.10 Å². The molecule has 0 saturated heterocycles. The number of benzene rings is 1. The van der Waals surface area contributed by atoms with Crippen LogP contribution in [0.4, 0.5) is 0 Å². The normalized spacial score (nSPS) is 12.7. The molecular formula is C11H17NO3. The minimum absolute atomic E-state index is 0.0421. The first-order valence-electron chi connectivity index (χ1n) is 5.05. The maximum atomic E-state index is 9.71. The Balaban J connectivity index is 2.60. The lowest BCUT2D eigenvalue weighted by molar-refractivity contribution is 0.174. The molecule has 0 aromatic heterocycles. The molecule has 0 saturated carbocycles. The molecule has 0 aliphatic rings. The van der Waals surface area contributed by atoms with Gasteiger partial charge in [0, 0.05) is 12.6 Å².